The van der Waals surface area contributed by atoms with E-state index in [9.17, 15) is 9.90 Å². The third-order valence-electron chi connectivity index (χ3n) is 4.32. The molecule has 3 rings (SSSR count). The first-order chi connectivity index (χ1) is 12.2. The van der Waals surface area contributed by atoms with E-state index in [4.69, 9.17) is 5.11 Å². The average Bonchev–Trinajstić information content (AvgIpc) is 3.10. The van der Waals surface area contributed by atoms with Gasteiger partial charge in [-0.1, -0.05) is 17.3 Å². The number of amides is 1. The maximum atomic E-state index is 13.0. The first-order valence-electron chi connectivity index (χ1n) is 8.46. The standard InChI is InChI=1S/C17H23N5O3.ClH/c23-10-5-14-12-22(20-19-14)16(11-13-1-3-15(24)4-2-13)17(25)21-8-6-18-7-9-21;/h1-4,12,16,18,23-24H,5-11H2;1H/p-1. The SMILES string of the molecule is O=C(C(Cc1ccc(O)cc1)n1cc(CCO)nn1)N1CCNCC1.[Cl-]. The molecule has 0 aliphatic carbocycles. The summed E-state index contributed by atoms with van der Waals surface area (Å²) in [5.41, 5.74) is 1.59. The van der Waals surface area contributed by atoms with Crippen LogP contribution in [-0.4, -0.2) is 68.8 Å². The minimum absolute atomic E-state index is 0. The van der Waals surface area contributed by atoms with Crippen molar-refractivity contribution in [2.45, 2.75) is 18.9 Å². The highest BCUT2D eigenvalue weighted by molar-refractivity contribution is 5.80. The van der Waals surface area contributed by atoms with Crippen LogP contribution in [0.3, 0.4) is 0 Å². The Kier molecular flexibility index (Phi) is 7.38. The minimum Gasteiger partial charge on any atom is -1.00 e. The van der Waals surface area contributed by atoms with Gasteiger partial charge >= 0.3 is 0 Å². The van der Waals surface area contributed by atoms with Crippen molar-refractivity contribution in [1.29, 1.82) is 0 Å². The fourth-order valence-corrected chi connectivity index (χ4v) is 2.94. The van der Waals surface area contributed by atoms with Crippen molar-refractivity contribution in [1.82, 2.24) is 25.2 Å². The number of carbonyl (C=O) groups is 1. The molecule has 1 amide bonds. The zero-order valence-electron chi connectivity index (χ0n) is 14.4. The second-order valence-corrected chi connectivity index (χ2v) is 6.13. The molecule has 2 aromatic rings. The normalized spacial score (nSPS) is 15.3. The van der Waals surface area contributed by atoms with Gasteiger partial charge in [0.15, 0.2) is 0 Å². The Labute approximate surface area is 158 Å². The van der Waals surface area contributed by atoms with E-state index in [0.29, 0.717) is 31.6 Å². The summed E-state index contributed by atoms with van der Waals surface area (Å²) in [7, 11) is 0. The number of hydrogen-bond acceptors (Lipinski definition) is 6. The van der Waals surface area contributed by atoms with Crippen LogP contribution in [-0.2, 0) is 17.6 Å². The van der Waals surface area contributed by atoms with Crippen LogP contribution >= 0.6 is 0 Å². The molecule has 1 fully saturated rings. The number of carbonyl (C=O) groups excluding carboxylic acids is 1. The lowest BCUT2D eigenvalue weighted by molar-refractivity contribution is -0.135. The molecule has 1 aromatic heterocycles. The van der Waals surface area contributed by atoms with Gasteiger partial charge in [-0.05, 0) is 17.7 Å². The smallest absolute Gasteiger partial charge is 0.247 e. The van der Waals surface area contributed by atoms with E-state index in [-0.39, 0.29) is 30.7 Å². The van der Waals surface area contributed by atoms with Crippen molar-refractivity contribution in [3.63, 3.8) is 0 Å². The molecule has 0 spiro atoms. The van der Waals surface area contributed by atoms with Crippen LogP contribution in [0.1, 0.15) is 17.3 Å². The maximum absolute atomic E-state index is 13.0. The number of hydrogen-bond donors (Lipinski definition) is 3. The third-order valence-corrected chi connectivity index (χ3v) is 4.32. The molecular weight excluding hydrogens is 358 g/mol. The Morgan fingerprint density at radius 3 is 2.58 bits per heavy atom. The number of nitrogens with one attached hydrogen (secondary N) is 1. The first kappa shape index (κ1) is 20.2. The topological polar surface area (TPSA) is 104 Å². The molecule has 9 heteroatoms. The van der Waals surface area contributed by atoms with Gasteiger partial charge in [0.1, 0.15) is 11.8 Å². The highest BCUT2D eigenvalue weighted by Gasteiger charge is 2.28. The van der Waals surface area contributed by atoms with Crippen molar-refractivity contribution in [3.05, 3.63) is 41.7 Å². The summed E-state index contributed by atoms with van der Waals surface area (Å²) in [4.78, 5) is 14.9. The molecule has 1 aliphatic heterocycles. The number of aliphatic hydroxyl groups is 1. The molecule has 3 N–H and O–H groups in total. The van der Waals surface area contributed by atoms with Gasteiger partial charge in [0.05, 0.1) is 5.69 Å². The number of halogens is 1. The zero-order valence-corrected chi connectivity index (χ0v) is 15.1. The lowest BCUT2D eigenvalue weighted by Crippen LogP contribution is -3.00. The second-order valence-electron chi connectivity index (χ2n) is 6.13. The van der Waals surface area contributed by atoms with Crippen molar-refractivity contribution < 1.29 is 27.4 Å². The summed E-state index contributed by atoms with van der Waals surface area (Å²) >= 11 is 0. The predicted octanol–water partition coefficient (Wildman–Crippen LogP) is -3.26. The highest BCUT2D eigenvalue weighted by Crippen LogP contribution is 2.19. The fourth-order valence-electron chi connectivity index (χ4n) is 2.94. The molecule has 0 saturated carbocycles. The molecule has 1 unspecified atom stereocenters. The largest absolute Gasteiger partial charge is 1.00 e. The van der Waals surface area contributed by atoms with Crippen LogP contribution in [0, 0.1) is 0 Å². The third kappa shape index (κ3) is 4.94. The Morgan fingerprint density at radius 2 is 1.92 bits per heavy atom. The number of aromatic hydroxyl groups is 1. The van der Waals surface area contributed by atoms with E-state index in [0.717, 1.165) is 18.7 Å². The minimum atomic E-state index is -0.498. The van der Waals surface area contributed by atoms with Crippen LogP contribution in [0.5, 0.6) is 5.75 Å². The van der Waals surface area contributed by atoms with Gasteiger partial charge in [0.25, 0.3) is 0 Å². The zero-order chi connectivity index (χ0) is 17.6. The number of benzene rings is 1. The molecule has 1 aromatic carbocycles. The van der Waals surface area contributed by atoms with Crippen molar-refractivity contribution in [3.8, 4) is 5.75 Å². The lowest BCUT2D eigenvalue weighted by Gasteiger charge is -2.30. The molecule has 26 heavy (non-hydrogen) atoms. The maximum Gasteiger partial charge on any atom is 0.247 e. The first-order valence-corrected chi connectivity index (χ1v) is 8.46. The Balaban J connectivity index is 0.00000243. The number of nitrogens with zero attached hydrogens (tertiary/aromatic N) is 4. The quantitative estimate of drug-likeness (QED) is 0.486. The van der Waals surface area contributed by atoms with E-state index in [1.165, 1.54) is 0 Å². The number of aliphatic hydroxyl groups excluding tert-OH is 1. The van der Waals surface area contributed by atoms with Crippen LogP contribution in [0.15, 0.2) is 30.5 Å². The summed E-state index contributed by atoms with van der Waals surface area (Å²) in [5.74, 6) is 0.203. The lowest BCUT2D eigenvalue weighted by atomic mass is 10.0. The van der Waals surface area contributed by atoms with E-state index in [1.807, 2.05) is 4.90 Å². The Bertz CT molecular complexity index is 701. The average molecular weight is 381 g/mol. The summed E-state index contributed by atoms with van der Waals surface area (Å²) in [6.45, 7) is 2.90. The fraction of sp³-hybridized carbons (Fsp3) is 0.471. The Morgan fingerprint density at radius 1 is 1.23 bits per heavy atom. The molecule has 2 heterocycles. The summed E-state index contributed by atoms with van der Waals surface area (Å²) in [6.07, 6.45) is 2.60. The molecule has 142 valence electrons. The molecule has 1 atom stereocenters. The Hall–Kier alpha value is -2.16. The van der Waals surface area contributed by atoms with Crippen molar-refractivity contribution in [2.75, 3.05) is 32.8 Å². The number of phenolic OH excluding ortho intramolecular Hbond substituents is 1. The van der Waals surface area contributed by atoms with Crippen LogP contribution in [0.4, 0.5) is 0 Å². The highest BCUT2D eigenvalue weighted by atomic mass is 35.5. The summed E-state index contributed by atoms with van der Waals surface area (Å²) < 4.78 is 1.59. The van der Waals surface area contributed by atoms with Gasteiger partial charge in [-0.2, -0.15) is 0 Å². The molecule has 0 bridgehead atoms. The van der Waals surface area contributed by atoms with E-state index in [2.05, 4.69) is 15.6 Å². The number of phenols is 1. The number of piperazine rings is 1. The summed E-state index contributed by atoms with van der Waals surface area (Å²) in [5, 5.41) is 29.9. The van der Waals surface area contributed by atoms with Crippen molar-refractivity contribution in [2.24, 2.45) is 0 Å². The van der Waals surface area contributed by atoms with Gasteiger partial charge in [-0.3, -0.25) is 4.79 Å². The second kappa shape index (κ2) is 9.51. The van der Waals surface area contributed by atoms with E-state index >= 15 is 0 Å². The van der Waals surface area contributed by atoms with Crippen LogP contribution < -0.4 is 17.7 Å². The molecular formula is C17H23ClN5O3-. The van der Waals surface area contributed by atoms with Gasteiger partial charge in [0, 0.05) is 51.8 Å². The molecule has 0 radical (unpaired) electrons. The van der Waals surface area contributed by atoms with E-state index < -0.39 is 6.04 Å². The predicted molar refractivity (Wildman–Crippen MR) is 91.1 cm³/mol. The molecule has 8 nitrogen and oxygen atoms in total. The van der Waals surface area contributed by atoms with Crippen LogP contribution in [0.25, 0.3) is 0 Å². The molecule has 1 aliphatic rings. The van der Waals surface area contributed by atoms with Gasteiger partial charge in [0.2, 0.25) is 5.91 Å². The van der Waals surface area contributed by atoms with Crippen LogP contribution in [0.2, 0.25) is 0 Å². The number of aromatic nitrogens is 3. The van der Waals surface area contributed by atoms with Gasteiger partial charge in [-0.15, -0.1) is 5.10 Å². The van der Waals surface area contributed by atoms with E-state index in [1.54, 1.807) is 35.1 Å². The summed E-state index contributed by atoms with van der Waals surface area (Å²) in [6, 6.07) is 6.33. The van der Waals surface area contributed by atoms with Gasteiger partial charge < -0.3 is 32.8 Å². The van der Waals surface area contributed by atoms with Crippen molar-refractivity contribution >= 4 is 5.91 Å². The monoisotopic (exact) mass is 380 g/mol. The molecule has 1 saturated heterocycles. The number of rotatable bonds is 6. The van der Waals surface area contributed by atoms with Gasteiger partial charge in [-0.25, -0.2) is 4.68 Å².